The smallest absolute Gasteiger partial charge is 0.162 e. The minimum absolute atomic E-state index is 0.132. The van der Waals surface area contributed by atoms with E-state index in [0.29, 0.717) is 22.9 Å². The normalized spacial score (nSPS) is 17.8. The Labute approximate surface area is 233 Å². The van der Waals surface area contributed by atoms with Gasteiger partial charge in [0.25, 0.3) is 0 Å². The summed E-state index contributed by atoms with van der Waals surface area (Å²) in [6, 6.07) is 23.4. The highest BCUT2D eigenvalue weighted by Gasteiger charge is 2.44. The fourth-order valence-electron chi connectivity index (χ4n) is 5.85. The first-order chi connectivity index (χ1) is 18.8. The van der Waals surface area contributed by atoms with Gasteiger partial charge < -0.3 is 14.8 Å². The van der Waals surface area contributed by atoms with Gasteiger partial charge in [0.1, 0.15) is 17.3 Å². The number of hydrogen-bond acceptors (Lipinski definition) is 5. The molecule has 6 rings (SSSR count). The first-order valence-electron chi connectivity index (χ1n) is 13.0. The van der Waals surface area contributed by atoms with E-state index in [1.54, 1.807) is 14.2 Å². The predicted octanol–water partition coefficient (Wildman–Crippen LogP) is 7.41. The summed E-state index contributed by atoms with van der Waals surface area (Å²) in [6.45, 7) is 4.28. The van der Waals surface area contributed by atoms with Crippen molar-refractivity contribution in [2.75, 3.05) is 19.5 Å². The molecule has 6 nitrogen and oxygen atoms in total. The maximum Gasteiger partial charge on any atom is 0.162 e. The monoisotopic (exact) mass is 539 g/mol. The lowest BCUT2D eigenvalue weighted by Gasteiger charge is -2.39. The van der Waals surface area contributed by atoms with Crippen molar-refractivity contribution in [1.29, 1.82) is 0 Å². The number of nitrogens with zero attached hydrogens (tertiary/aromatic N) is 2. The molecule has 1 aliphatic heterocycles. The number of allylic oxidation sites excluding steroid dienone is 2. The van der Waals surface area contributed by atoms with Crippen molar-refractivity contribution in [2.45, 2.75) is 32.6 Å². The van der Waals surface area contributed by atoms with Gasteiger partial charge in [0.05, 0.1) is 25.6 Å². The minimum atomic E-state index is -0.402. The van der Waals surface area contributed by atoms with Crippen molar-refractivity contribution in [3.63, 3.8) is 0 Å². The zero-order valence-corrected chi connectivity index (χ0v) is 23.2. The highest BCUT2D eigenvalue weighted by molar-refractivity contribution is 6.30. The number of carbonyl (C=O) groups is 1. The number of benzene rings is 3. The Kier molecular flexibility index (Phi) is 6.23. The lowest BCUT2D eigenvalue weighted by Crippen LogP contribution is -2.34. The fraction of sp³-hybridized carbons (Fsp3) is 0.250. The number of fused-ring (bicyclic) bond motifs is 1. The van der Waals surface area contributed by atoms with Crippen LogP contribution in [0.5, 0.6) is 11.5 Å². The molecule has 0 amide bonds. The summed E-state index contributed by atoms with van der Waals surface area (Å²) in [7, 11) is 3.30. The van der Waals surface area contributed by atoms with Crippen LogP contribution in [0, 0.1) is 5.41 Å². The van der Waals surface area contributed by atoms with Crippen LogP contribution in [0.25, 0.3) is 16.9 Å². The van der Waals surface area contributed by atoms with Gasteiger partial charge in [-0.05, 0) is 54.3 Å². The van der Waals surface area contributed by atoms with E-state index in [4.69, 9.17) is 26.2 Å². The average Bonchev–Trinajstić information content (AvgIpc) is 3.31. The Hall–Kier alpha value is -4.03. The Morgan fingerprint density at radius 1 is 0.974 bits per heavy atom. The Balaban J connectivity index is 1.70. The van der Waals surface area contributed by atoms with E-state index in [1.807, 2.05) is 77.5 Å². The van der Waals surface area contributed by atoms with Crippen LogP contribution >= 0.6 is 11.6 Å². The third kappa shape index (κ3) is 4.39. The first kappa shape index (κ1) is 25.3. The second-order valence-corrected chi connectivity index (χ2v) is 11.3. The van der Waals surface area contributed by atoms with Crippen molar-refractivity contribution in [3.05, 3.63) is 100 Å². The molecule has 0 radical (unpaired) electrons. The molecule has 4 aromatic rings. The second kappa shape index (κ2) is 9.62. The number of rotatable bonds is 5. The molecular weight excluding hydrogens is 510 g/mol. The molecule has 1 aromatic heterocycles. The third-order valence-electron chi connectivity index (χ3n) is 7.55. The highest BCUT2D eigenvalue weighted by atomic mass is 35.5. The van der Waals surface area contributed by atoms with E-state index in [0.717, 1.165) is 51.6 Å². The highest BCUT2D eigenvalue weighted by Crippen LogP contribution is 2.53. The van der Waals surface area contributed by atoms with E-state index in [-0.39, 0.29) is 11.2 Å². The van der Waals surface area contributed by atoms with Crippen molar-refractivity contribution < 1.29 is 14.3 Å². The first-order valence-corrected chi connectivity index (χ1v) is 13.4. The molecule has 1 N–H and O–H groups in total. The van der Waals surface area contributed by atoms with E-state index in [2.05, 4.69) is 19.2 Å². The molecule has 2 aliphatic rings. The molecule has 1 atom stereocenters. The average molecular weight is 540 g/mol. The van der Waals surface area contributed by atoms with Crippen LogP contribution in [-0.4, -0.2) is 29.8 Å². The molecule has 2 heterocycles. The summed E-state index contributed by atoms with van der Waals surface area (Å²) >= 11 is 6.23. The van der Waals surface area contributed by atoms with Crippen LogP contribution in [0.1, 0.15) is 43.7 Å². The van der Waals surface area contributed by atoms with Gasteiger partial charge >= 0.3 is 0 Å². The number of aromatic nitrogens is 2. The lowest BCUT2D eigenvalue weighted by atomic mass is 9.68. The van der Waals surface area contributed by atoms with Crippen LogP contribution in [0.2, 0.25) is 5.02 Å². The summed E-state index contributed by atoms with van der Waals surface area (Å²) in [5.74, 6) is 1.95. The second-order valence-electron chi connectivity index (χ2n) is 10.9. The Morgan fingerprint density at radius 2 is 1.72 bits per heavy atom. The van der Waals surface area contributed by atoms with Gasteiger partial charge in [0.2, 0.25) is 0 Å². The SMILES string of the molecule is COc1ccc(OC)c(C2C3=C(CC(C)(C)CC3=O)Nc3c2c(-c2ccccc2)nn3-c2ccc(Cl)cc2)c1. The van der Waals surface area contributed by atoms with E-state index < -0.39 is 5.92 Å². The molecule has 1 unspecified atom stereocenters. The number of halogens is 1. The van der Waals surface area contributed by atoms with Crippen LogP contribution < -0.4 is 14.8 Å². The summed E-state index contributed by atoms with van der Waals surface area (Å²) in [6.07, 6.45) is 1.21. The minimum Gasteiger partial charge on any atom is -0.497 e. The molecule has 1 aliphatic carbocycles. The van der Waals surface area contributed by atoms with Gasteiger partial charge in [-0.3, -0.25) is 4.79 Å². The molecule has 3 aromatic carbocycles. The fourth-order valence-corrected chi connectivity index (χ4v) is 5.97. The molecule has 0 spiro atoms. The van der Waals surface area contributed by atoms with E-state index in [1.165, 1.54) is 0 Å². The van der Waals surface area contributed by atoms with Gasteiger partial charge in [-0.2, -0.15) is 5.10 Å². The summed E-state index contributed by atoms with van der Waals surface area (Å²) in [4.78, 5) is 13.9. The van der Waals surface area contributed by atoms with Crippen molar-refractivity contribution in [1.82, 2.24) is 9.78 Å². The molecule has 7 heteroatoms. The Bertz CT molecular complexity index is 1600. The number of carbonyl (C=O) groups excluding carboxylic acids is 1. The molecule has 39 heavy (non-hydrogen) atoms. The molecule has 0 saturated heterocycles. The molecule has 0 bridgehead atoms. The summed E-state index contributed by atoms with van der Waals surface area (Å²) < 4.78 is 13.4. The standard InChI is InChI=1S/C32H30ClN3O3/c1-32(2)17-24-28(25(37)18-32)27(23-16-22(38-3)14-15-26(23)39-4)29-30(19-8-6-5-7-9-19)35-36(31(29)34-24)21-12-10-20(33)11-13-21/h5-16,27,34H,17-18H2,1-4H3. The molecule has 0 fully saturated rings. The van der Waals surface area contributed by atoms with Crippen LogP contribution in [0.4, 0.5) is 5.82 Å². The van der Waals surface area contributed by atoms with Crippen LogP contribution in [0.3, 0.4) is 0 Å². The zero-order valence-electron chi connectivity index (χ0n) is 22.4. The molecule has 198 valence electrons. The predicted molar refractivity (Wildman–Crippen MR) is 154 cm³/mol. The number of methoxy groups -OCH3 is 2. The lowest BCUT2D eigenvalue weighted by molar-refractivity contribution is -0.118. The maximum atomic E-state index is 13.9. The maximum absolute atomic E-state index is 13.9. The topological polar surface area (TPSA) is 65.4 Å². The van der Waals surface area contributed by atoms with Gasteiger partial charge in [-0.1, -0.05) is 55.8 Å². The quantitative estimate of drug-likeness (QED) is 0.286. The Morgan fingerprint density at radius 3 is 2.41 bits per heavy atom. The third-order valence-corrected chi connectivity index (χ3v) is 7.81. The number of hydrogen-bond donors (Lipinski definition) is 1. The number of anilines is 1. The summed E-state index contributed by atoms with van der Waals surface area (Å²) in [5.41, 5.74) is 5.94. The van der Waals surface area contributed by atoms with Crippen molar-refractivity contribution in [2.24, 2.45) is 5.41 Å². The number of Topliss-reactive ketones (excluding diaryl/α,β-unsaturated/α-hetero) is 1. The van der Waals surface area contributed by atoms with Gasteiger partial charge in [-0.25, -0.2) is 4.68 Å². The molecule has 0 saturated carbocycles. The van der Waals surface area contributed by atoms with Gasteiger partial charge in [-0.15, -0.1) is 0 Å². The van der Waals surface area contributed by atoms with Crippen LogP contribution in [0.15, 0.2) is 84.1 Å². The number of ether oxygens (including phenoxy) is 2. The summed E-state index contributed by atoms with van der Waals surface area (Å²) in [5, 5.41) is 9.49. The van der Waals surface area contributed by atoms with E-state index >= 15 is 0 Å². The van der Waals surface area contributed by atoms with Gasteiger partial charge in [0.15, 0.2) is 5.78 Å². The molecular formula is C32H30ClN3O3. The largest absolute Gasteiger partial charge is 0.497 e. The number of nitrogens with one attached hydrogen (secondary N) is 1. The van der Waals surface area contributed by atoms with E-state index in [9.17, 15) is 4.79 Å². The zero-order chi connectivity index (χ0) is 27.3. The number of ketones is 1. The van der Waals surface area contributed by atoms with Gasteiger partial charge in [0, 0.05) is 45.3 Å². The van der Waals surface area contributed by atoms with Crippen molar-refractivity contribution >= 4 is 23.2 Å². The van der Waals surface area contributed by atoms with Crippen molar-refractivity contribution in [3.8, 4) is 28.4 Å². The van der Waals surface area contributed by atoms with Crippen LogP contribution in [-0.2, 0) is 4.79 Å².